The highest BCUT2D eigenvalue weighted by Crippen LogP contribution is 2.33. The molecule has 0 spiro atoms. The van der Waals surface area contributed by atoms with E-state index in [-0.39, 0.29) is 46.2 Å². The van der Waals surface area contributed by atoms with Crippen molar-refractivity contribution < 1.29 is 28.8 Å². The summed E-state index contributed by atoms with van der Waals surface area (Å²) in [5, 5.41) is 21.2. The normalized spacial score (nSPS) is 13.2. The van der Waals surface area contributed by atoms with Gasteiger partial charge in [0.05, 0.1) is 29.3 Å². The number of nitro benzene ring substituents is 1. The van der Waals surface area contributed by atoms with Crippen LogP contribution in [0, 0.1) is 28.4 Å². The van der Waals surface area contributed by atoms with Crippen molar-refractivity contribution in [1.82, 2.24) is 0 Å². The van der Waals surface area contributed by atoms with Gasteiger partial charge in [-0.2, -0.15) is 5.26 Å². The van der Waals surface area contributed by atoms with E-state index in [4.69, 9.17) is 9.47 Å². The minimum atomic E-state index is -0.674. The molecule has 1 fully saturated rings. The van der Waals surface area contributed by atoms with Gasteiger partial charge in [-0.1, -0.05) is 0 Å². The summed E-state index contributed by atoms with van der Waals surface area (Å²) in [7, 11) is 0. The summed E-state index contributed by atoms with van der Waals surface area (Å²) >= 11 is 0.950. The third kappa shape index (κ3) is 6.21. The molecule has 10 nitrogen and oxygen atoms in total. The van der Waals surface area contributed by atoms with Gasteiger partial charge in [-0.25, -0.2) is 9.59 Å². The molecular weight excluding hydrogens is 498 g/mol. The number of benzene rings is 1. The smallest absolute Gasteiger partial charge is 0.348 e. The molecule has 0 aliphatic carbocycles. The van der Waals surface area contributed by atoms with Crippen LogP contribution in [0.3, 0.4) is 0 Å². The third-order valence-corrected chi connectivity index (χ3v) is 7.14. The van der Waals surface area contributed by atoms with Crippen LogP contribution < -0.4 is 4.90 Å². The van der Waals surface area contributed by atoms with Gasteiger partial charge in [0.25, 0.3) is 5.69 Å². The van der Waals surface area contributed by atoms with Crippen LogP contribution in [0.15, 0.2) is 23.8 Å². The lowest BCUT2D eigenvalue weighted by molar-refractivity contribution is -0.384. The zero-order valence-electron chi connectivity index (χ0n) is 20.9. The van der Waals surface area contributed by atoms with Gasteiger partial charge in [0.15, 0.2) is 5.78 Å². The first-order valence-electron chi connectivity index (χ1n) is 11.9. The van der Waals surface area contributed by atoms with Gasteiger partial charge in [0.2, 0.25) is 0 Å². The molecule has 0 atom stereocenters. The first kappa shape index (κ1) is 27.5. The van der Waals surface area contributed by atoms with Crippen LogP contribution in [0.5, 0.6) is 0 Å². The van der Waals surface area contributed by atoms with Crippen LogP contribution in [0.25, 0.3) is 6.08 Å². The predicted molar refractivity (Wildman–Crippen MR) is 138 cm³/mol. The molecule has 1 aliphatic heterocycles. The van der Waals surface area contributed by atoms with E-state index >= 15 is 0 Å². The Morgan fingerprint density at radius 1 is 1.16 bits per heavy atom. The number of hydrogen-bond donors (Lipinski definition) is 0. The van der Waals surface area contributed by atoms with E-state index in [0.717, 1.165) is 37.3 Å². The summed E-state index contributed by atoms with van der Waals surface area (Å²) in [6, 6.07) is 6.26. The molecule has 2 aromatic rings. The number of esters is 2. The summed E-state index contributed by atoms with van der Waals surface area (Å²) in [6.45, 7) is 6.66. The van der Waals surface area contributed by atoms with Gasteiger partial charge in [0, 0.05) is 47.8 Å². The van der Waals surface area contributed by atoms with Crippen molar-refractivity contribution in [2.45, 2.75) is 40.0 Å². The average molecular weight is 526 g/mol. The number of carbonyl (C=O) groups excluding carboxylic acids is 3. The van der Waals surface area contributed by atoms with Crippen LogP contribution in [0.2, 0.25) is 0 Å². The molecule has 1 aromatic heterocycles. The molecule has 0 saturated carbocycles. The Morgan fingerprint density at radius 2 is 1.81 bits per heavy atom. The largest absolute Gasteiger partial charge is 0.462 e. The second kappa shape index (κ2) is 12.3. The van der Waals surface area contributed by atoms with Crippen molar-refractivity contribution in [3.8, 4) is 6.07 Å². The monoisotopic (exact) mass is 525 g/mol. The molecule has 0 radical (unpaired) electrons. The topological polar surface area (TPSA) is 140 Å². The molecule has 0 unspecified atom stereocenters. The van der Waals surface area contributed by atoms with Crippen molar-refractivity contribution in [3.05, 3.63) is 60.3 Å². The third-order valence-electron chi connectivity index (χ3n) is 5.87. The number of ether oxygens (including phenoxy) is 2. The second-order valence-electron chi connectivity index (χ2n) is 8.26. The number of Topliss-reactive ketones (excluding diaryl/α,β-unsaturated/α-hetero) is 1. The number of nitro groups is 1. The van der Waals surface area contributed by atoms with E-state index in [9.17, 15) is 29.8 Å². The summed E-state index contributed by atoms with van der Waals surface area (Å²) in [5.74, 6) is -1.88. The number of ketones is 1. The van der Waals surface area contributed by atoms with E-state index in [1.807, 2.05) is 6.07 Å². The molecular formula is C26H27N3O7S. The van der Waals surface area contributed by atoms with Crippen LogP contribution in [-0.4, -0.2) is 48.9 Å². The maximum absolute atomic E-state index is 13.2. The minimum absolute atomic E-state index is 0.103. The number of nitrogens with zero attached hydrogens (tertiary/aromatic N) is 3. The quantitative estimate of drug-likeness (QED) is 0.143. The molecule has 1 aromatic carbocycles. The standard InChI is InChI=1S/C26H27N3O7S/c1-4-35-25(31)23-16(3)24(26(32)36-5-2)37-22(23)14-21(30)18(15-27)12-17-13-19(29(33)34)8-9-20(17)28-10-6-7-11-28/h8-9,12-13H,4-7,10-11,14H2,1-3H3/b18-12-. The number of anilines is 1. The van der Waals surface area contributed by atoms with E-state index in [1.165, 1.54) is 18.2 Å². The Labute approximate surface area is 218 Å². The van der Waals surface area contributed by atoms with Gasteiger partial charge in [-0.3, -0.25) is 14.9 Å². The first-order valence-corrected chi connectivity index (χ1v) is 12.7. The van der Waals surface area contributed by atoms with Gasteiger partial charge in [0.1, 0.15) is 10.9 Å². The molecule has 37 heavy (non-hydrogen) atoms. The van der Waals surface area contributed by atoms with Crippen molar-refractivity contribution in [2.75, 3.05) is 31.2 Å². The Morgan fingerprint density at radius 3 is 2.41 bits per heavy atom. The van der Waals surface area contributed by atoms with Gasteiger partial charge < -0.3 is 14.4 Å². The second-order valence-corrected chi connectivity index (χ2v) is 9.36. The number of rotatable bonds is 10. The minimum Gasteiger partial charge on any atom is -0.462 e. The Kier molecular flexibility index (Phi) is 9.14. The lowest BCUT2D eigenvalue weighted by atomic mass is 10.0. The zero-order valence-corrected chi connectivity index (χ0v) is 21.7. The molecule has 3 rings (SSSR count). The molecule has 1 saturated heterocycles. The number of non-ortho nitro benzene ring substituents is 1. The summed E-state index contributed by atoms with van der Waals surface area (Å²) in [4.78, 5) is 51.7. The predicted octanol–water partition coefficient (Wildman–Crippen LogP) is 4.64. The number of allylic oxidation sites excluding steroid dienone is 1. The number of carbonyl (C=O) groups is 3. The van der Waals surface area contributed by atoms with Crippen molar-refractivity contribution in [3.63, 3.8) is 0 Å². The van der Waals surface area contributed by atoms with Crippen LogP contribution in [-0.2, 0) is 20.7 Å². The maximum Gasteiger partial charge on any atom is 0.348 e. The zero-order chi connectivity index (χ0) is 27.1. The number of nitriles is 1. The van der Waals surface area contributed by atoms with Crippen molar-refractivity contribution in [2.24, 2.45) is 0 Å². The van der Waals surface area contributed by atoms with Crippen molar-refractivity contribution in [1.29, 1.82) is 5.26 Å². The molecule has 0 bridgehead atoms. The number of thiophene rings is 1. The summed E-state index contributed by atoms with van der Waals surface area (Å²) in [5.41, 5.74) is 1.17. The SMILES string of the molecule is CCOC(=O)c1sc(CC(=O)/C(C#N)=C\c2cc([N+](=O)[O-])ccc2N2CCCC2)c(C(=O)OCC)c1C. The molecule has 0 amide bonds. The van der Waals surface area contributed by atoms with Crippen LogP contribution in [0.1, 0.15) is 62.7 Å². The molecule has 2 heterocycles. The highest BCUT2D eigenvalue weighted by atomic mass is 32.1. The van der Waals surface area contributed by atoms with E-state index in [2.05, 4.69) is 4.90 Å². The average Bonchev–Trinajstić information content (AvgIpc) is 3.50. The van der Waals surface area contributed by atoms with E-state index in [1.54, 1.807) is 26.8 Å². The van der Waals surface area contributed by atoms with Crippen molar-refractivity contribution >= 4 is 46.5 Å². The Hall–Kier alpha value is -4.04. The summed E-state index contributed by atoms with van der Waals surface area (Å²) < 4.78 is 10.2. The lowest BCUT2D eigenvalue weighted by Gasteiger charge is -2.20. The van der Waals surface area contributed by atoms with Crippen LogP contribution in [0.4, 0.5) is 11.4 Å². The molecule has 194 valence electrons. The molecule has 0 N–H and O–H groups in total. The van der Waals surface area contributed by atoms with Crippen LogP contribution >= 0.6 is 11.3 Å². The first-order chi connectivity index (χ1) is 17.7. The lowest BCUT2D eigenvalue weighted by Crippen LogP contribution is -2.18. The van der Waals surface area contributed by atoms with E-state index < -0.39 is 22.6 Å². The molecule has 1 aliphatic rings. The highest BCUT2D eigenvalue weighted by molar-refractivity contribution is 7.14. The highest BCUT2D eigenvalue weighted by Gasteiger charge is 2.28. The molecule has 11 heteroatoms. The maximum atomic E-state index is 13.2. The Bertz CT molecular complexity index is 1300. The Balaban J connectivity index is 2.02. The van der Waals surface area contributed by atoms with Gasteiger partial charge >= 0.3 is 11.9 Å². The fraction of sp³-hybridized carbons (Fsp3) is 0.385. The fourth-order valence-electron chi connectivity index (χ4n) is 4.15. The van der Waals surface area contributed by atoms with Gasteiger partial charge in [-0.05, 0) is 51.3 Å². The number of hydrogen-bond acceptors (Lipinski definition) is 10. The van der Waals surface area contributed by atoms with E-state index in [0.29, 0.717) is 16.8 Å². The van der Waals surface area contributed by atoms with Gasteiger partial charge in [-0.15, -0.1) is 11.3 Å². The fourth-order valence-corrected chi connectivity index (χ4v) is 5.33. The summed E-state index contributed by atoms with van der Waals surface area (Å²) in [6.07, 6.45) is 2.97.